The Bertz CT molecular complexity index is 2460. The number of fused-ring (bicyclic) bond motifs is 1. The topological polar surface area (TPSA) is 149 Å². The van der Waals surface area contributed by atoms with Crippen LogP contribution in [0, 0.1) is 6.92 Å². The molecule has 0 unspecified atom stereocenters. The monoisotopic (exact) mass is 829 g/mol. The normalized spacial score (nSPS) is 16.3. The number of aromatic nitrogens is 6. The highest BCUT2D eigenvalue weighted by atomic mass is 32.5. The SMILES string of the molecule is CCc1c(N2CCN(C(=O)c3ncnc(C)c3OCc3ccccc3)CC2)c(=O)n2nc(C3=CCCCOC3)nc2n1CC(=O)Nc1ccc(S(F)(F)(F)(F)F)cc1. The summed E-state index contributed by atoms with van der Waals surface area (Å²) in [7, 11) is -9.93. The number of ether oxygens (including phenoxy) is 2. The second-order valence-electron chi connectivity index (χ2n) is 13.8. The summed E-state index contributed by atoms with van der Waals surface area (Å²) in [5, 5.41) is 7.00. The highest BCUT2D eigenvalue weighted by Gasteiger charge is 2.65. The van der Waals surface area contributed by atoms with Crippen molar-refractivity contribution < 1.29 is 38.5 Å². The maximum atomic E-state index is 14.4. The lowest BCUT2D eigenvalue weighted by atomic mass is 10.2. The first-order chi connectivity index (χ1) is 27.5. The van der Waals surface area contributed by atoms with E-state index in [0.29, 0.717) is 30.0 Å². The van der Waals surface area contributed by atoms with Crippen molar-refractivity contribution in [3.63, 3.8) is 0 Å². The van der Waals surface area contributed by atoms with Gasteiger partial charge in [0.1, 0.15) is 30.1 Å². The van der Waals surface area contributed by atoms with Gasteiger partial charge in [0.05, 0.1) is 18.0 Å². The Hall–Kier alpha value is -5.89. The number of allylic oxidation sites excluding steroid dienone is 1. The molecule has 5 heterocycles. The molecule has 0 radical (unpaired) electrons. The summed E-state index contributed by atoms with van der Waals surface area (Å²) < 4.78 is 80.9. The van der Waals surface area contributed by atoms with Crippen molar-refractivity contribution in [2.75, 3.05) is 49.6 Å². The number of amides is 2. The second kappa shape index (κ2) is 15.1. The van der Waals surface area contributed by atoms with E-state index in [2.05, 4.69) is 25.4 Å². The Morgan fingerprint density at radius 2 is 1.69 bits per heavy atom. The molecule has 7 rings (SSSR count). The molecule has 2 aliphatic heterocycles. The third-order valence-corrected chi connectivity index (χ3v) is 10.9. The van der Waals surface area contributed by atoms with E-state index in [4.69, 9.17) is 9.47 Å². The van der Waals surface area contributed by atoms with Crippen LogP contribution in [0.25, 0.3) is 11.4 Å². The summed E-state index contributed by atoms with van der Waals surface area (Å²) in [5.74, 6) is -0.575. The van der Waals surface area contributed by atoms with Crippen molar-refractivity contribution in [2.45, 2.75) is 51.2 Å². The first-order valence-corrected chi connectivity index (χ1v) is 20.4. The summed E-state index contributed by atoms with van der Waals surface area (Å²) in [6.45, 7) is 4.81. The lowest BCUT2D eigenvalue weighted by Crippen LogP contribution is -2.51. The minimum Gasteiger partial charge on any atom is -0.485 e. The number of carbonyl (C=O) groups excluding carboxylic acids is 2. The summed E-state index contributed by atoms with van der Waals surface area (Å²) in [4.78, 5) is 56.2. The number of hydrogen-bond donors (Lipinski definition) is 1. The van der Waals surface area contributed by atoms with E-state index in [1.807, 2.05) is 41.3 Å². The van der Waals surface area contributed by atoms with Crippen LogP contribution in [0.1, 0.15) is 53.0 Å². The molecule has 1 N–H and O–H groups in total. The molecule has 5 aromatic rings. The lowest BCUT2D eigenvalue weighted by molar-refractivity contribution is -0.116. The second-order valence-corrected chi connectivity index (χ2v) is 16.3. The minimum absolute atomic E-state index is 0.0353. The Labute approximate surface area is 329 Å². The van der Waals surface area contributed by atoms with Crippen molar-refractivity contribution in [3.05, 3.63) is 106 Å². The third kappa shape index (κ3) is 8.66. The average molecular weight is 830 g/mol. The largest absolute Gasteiger partial charge is 0.485 e. The third-order valence-electron chi connectivity index (χ3n) is 9.77. The van der Waals surface area contributed by atoms with Crippen LogP contribution in [0.15, 0.2) is 76.7 Å². The van der Waals surface area contributed by atoms with Crippen molar-refractivity contribution in [1.29, 1.82) is 0 Å². The van der Waals surface area contributed by atoms with Gasteiger partial charge in [-0.2, -0.15) is 9.50 Å². The van der Waals surface area contributed by atoms with Crippen LogP contribution in [-0.4, -0.2) is 85.2 Å². The molecule has 0 saturated carbocycles. The van der Waals surface area contributed by atoms with Crippen LogP contribution < -0.4 is 20.5 Å². The molecular weight excluding hydrogens is 790 g/mol. The smallest absolute Gasteiger partial charge is 0.310 e. The quantitative estimate of drug-likeness (QED) is 0.145. The first-order valence-electron chi connectivity index (χ1n) is 18.5. The molecule has 1 fully saturated rings. The predicted molar refractivity (Wildman–Crippen MR) is 207 cm³/mol. The van der Waals surface area contributed by atoms with E-state index in [0.717, 1.165) is 28.6 Å². The van der Waals surface area contributed by atoms with E-state index in [-0.39, 0.29) is 98.3 Å². The number of anilines is 2. The summed E-state index contributed by atoms with van der Waals surface area (Å²) >= 11 is 0. The van der Waals surface area contributed by atoms with E-state index in [1.165, 1.54) is 10.9 Å². The number of benzene rings is 2. The van der Waals surface area contributed by atoms with Crippen molar-refractivity contribution >= 4 is 44.8 Å². The number of hydrogen-bond acceptors (Lipinski definition) is 10. The molecule has 0 aliphatic carbocycles. The number of carbonyl (C=O) groups is 2. The zero-order valence-corrected chi connectivity index (χ0v) is 32.4. The molecule has 308 valence electrons. The van der Waals surface area contributed by atoms with Crippen LogP contribution >= 0.6 is 10.2 Å². The number of halogens is 5. The average Bonchev–Trinajstić information content (AvgIpc) is 3.46. The maximum Gasteiger partial charge on any atom is 0.310 e. The van der Waals surface area contributed by atoms with Gasteiger partial charge in [-0.1, -0.05) is 62.8 Å². The van der Waals surface area contributed by atoms with Crippen LogP contribution in [0.3, 0.4) is 0 Å². The Morgan fingerprint density at radius 3 is 2.38 bits per heavy atom. The highest BCUT2D eigenvalue weighted by molar-refractivity contribution is 8.45. The van der Waals surface area contributed by atoms with Crippen molar-refractivity contribution in [2.24, 2.45) is 0 Å². The molecule has 0 bridgehead atoms. The van der Waals surface area contributed by atoms with Gasteiger partial charge in [0.2, 0.25) is 11.7 Å². The molecule has 14 nitrogen and oxygen atoms in total. The van der Waals surface area contributed by atoms with E-state index >= 15 is 0 Å². The van der Waals surface area contributed by atoms with Gasteiger partial charge in [0, 0.05) is 44.0 Å². The molecule has 0 atom stereocenters. The maximum absolute atomic E-state index is 14.4. The van der Waals surface area contributed by atoms with Crippen molar-refractivity contribution in [3.8, 4) is 5.75 Å². The molecular formula is C38H40F5N9O5S. The van der Waals surface area contributed by atoms with Gasteiger partial charge in [-0.25, -0.2) is 9.97 Å². The number of piperazine rings is 1. The van der Waals surface area contributed by atoms with Gasteiger partial charge < -0.3 is 29.2 Å². The molecule has 2 aliphatic rings. The molecule has 2 aromatic carbocycles. The summed E-state index contributed by atoms with van der Waals surface area (Å²) in [5.41, 5.74) is 2.14. The standard InChI is InChI=1S/C38H40F5N9O5S/c1-3-30-33(49-16-18-50(19-17-49)36(54)32-34(25(2)44-24-45-32)57-22-26-9-5-4-6-10-26)37(55)52-38(47-35(48-52)27-11-7-8-20-56-23-27)51(30)21-31(53)46-28-12-14-29(15-13-28)58(39,40,41,42)43/h4-6,9-15,24H,3,7-8,16-23H2,1-2H3,(H,46,53). The van der Waals surface area contributed by atoms with Crippen molar-refractivity contribution in [1.82, 2.24) is 34.0 Å². The summed E-state index contributed by atoms with van der Waals surface area (Å²) in [6, 6.07) is 11.4. The summed E-state index contributed by atoms with van der Waals surface area (Å²) in [6.07, 6.45) is 4.94. The number of nitrogens with one attached hydrogen (secondary N) is 1. The molecule has 58 heavy (non-hydrogen) atoms. The zero-order valence-electron chi connectivity index (χ0n) is 31.5. The van der Waals surface area contributed by atoms with Crippen LogP contribution in [0.5, 0.6) is 5.75 Å². The predicted octanol–water partition coefficient (Wildman–Crippen LogP) is 6.58. The van der Waals surface area contributed by atoms with Gasteiger partial charge >= 0.3 is 10.2 Å². The van der Waals surface area contributed by atoms with Gasteiger partial charge in [-0.3, -0.25) is 14.4 Å². The molecule has 20 heteroatoms. The van der Waals surface area contributed by atoms with Crippen LogP contribution in [0.2, 0.25) is 0 Å². The Balaban J connectivity index is 1.17. The number of rotatable bonds is 11. The van der Waals surface area contributed by atoms with Gasteiger partial charge in [0.15, 0.2) is 17.3 Å². The number of aryl methyl sites for hydroxylation is 1. The van der Waals surface area contributed by atoms with Gasteiger partial charge in [0.25, 0.3) is 11.5 Å². The van der Waals surface area contributed by atoms with E-state index in [9.17, 15) is 33.8 Å². The van der Waals surface area contributed by atoms with Crippen LogP contribution in [0.4, 0.5) is 30.8 Å². The fourth-order valence-electron chi connectivity index (χ4n) is 6.86. The molecule has 0 spiro atoms. The minimum atomic E-state index is -9.93. The lowest BCUT2D eigenvalue weighted by Gasteiger charge is -2.40. The fraction of sp³-hybridized carbons (Fsp3) is 0.342. The Kier molecular flexibility index (Phi) is 10.5. The zero-order chi connectivity index (χ0) is 41.3. The molecule has 1 saturated heterocycles. The molecule has 2 amide bonds. The fourth-order valence-corrected chi connectivity index (χ4v) is 7.51. The number of nitrogens with zero attached hydrogens (tertiary/aromatic N) is 8. The Morgan fingerprint density at radius 1 is 0.966 bits per heavy atom. The molecule has 3 aromatic heterocycles. The first kappa shape index (κ1) is 40.3. The van der Waals surface area contributed by atoms with Gasteiger partial charge in [-0.15, -0.1) is 5.10 Å². The van der Waals surface area contributed by atoms with E-state index < -0.39 is 33.1 Å². The highest BCUT2D eigenvalue weighted by Crippen LogP contribution is 3.02. The van der Waals surface area contributed by atoms with Crippen LogP contribution in [-0.2, 0) is 29.1 Å². The van der Waals surface area contributed by atoms with E-state index in [1.54, 1.807) is 18.7 Å². The van der Waals surface area contributed by atoms with Gasteiger partial charge in [-0.05, 0) is 56.0 Å².